The number of carbonyl (C=O) groups is 1. The van der Waals surface area contributed by atoms with E-state index < -0.39 is 5.91 Å². The van der Waals surface area contributed by atoms with Gasteiger partial charge in [-0.1, -0.05) is 15.9 Å². The van der Waals surface area contributed by atoms with Crippen LogP contribution in [0.4, 0.5) is 5.69 Å². The van der Waals surface area contributed by atoms with Crippen LogP contribution in [0.1, 0.15) is 27.2 Å². The molecule has 0 aliphatic carbocycles. The number of hydrogen-bond acceptors (Lipinski definition) is 5. The summed E-state index contributed by atoms with van der Waals surface area (Å²) in [4.78, 5) is 16.7. The molecule has 7 heteroatoms. The molecule has 25 heavy (non-hydrogen) atoms. The highest BCUT2D eigenvalue weighted by Gasteiger charge is 2.15. The van der Waals surface area contributed by atoms with Gasteiger partial charge in [0.1, 0.15) is 5.56 Å². The Hall–Kier alpha value is -2.51. The molecular formula is C18H16BrN3O3. The Morgan fingerprint density at radius 2 is 2.12 bits per heavy atom. The van der Waals surface area contributed by atoms with Gasteiger partial charge in [-0.25, -0.2) is 0 Å². The van der Waals surface area contributed by atoms with Crippen LogP contribution in [-0.4, -0.2) is 16.0 Å². The number of rotatable bonds is 3. The van der Waals surface area contributed by atoms with Gasteiger partial charge in [0.2, 0.25) is 5.55 Å². The molecule has 0 fully saturated rings. The number of hydrogen-bond donors (Lipinski definition) is 3. The zero-order chi connectivity index (χ0) is 18.1. The van der Waals surface area contributed by atoms with E-state index in [4.69, 9.17) is 9.83 Å². The van der Waals surface area contributed by atoms with Crippen LogP contribution in [0.5, 0.6) is 0 Å². The fraction of sp³-hybridized carbons (Fsp3) is 0.167. The largest absolute Gasteiger partial charge is 0.436 e. The molecule has 2 heterocycles. The number of pyridine rings is 1. The Labute approximate surface area is 152 Å². The third-order valence-electron chi connectivity index (χ3n) is 3.90. The van der Waals surface area contributed by atoms with Crippen LogP contribution in [0.25, 0.3) is 11.0 Å². The Morgan fingerprint density at radius 3 is 2.80 bits per heavy atom. The number of aliphatic hydroxyl groups is 1. The fourth-order valence-corrected chi connectivity index (χ4v) is 2.76. The van der Waals surface area contributed by atoms with Crippen molar-refractivity contribution in [3.05, 3.63) is 62.9 Å². The van der Waals surface area contributed by atoms with Crippen LogP contribution in [0, 0.1) is 19.3 Å². The summed E-state index contributed by atoms with van der Waals surface area (Å²) in [7, 11) is 0. The van der Waals surface area contributed by atoms with Crippen LogP contribution in [0.15, 0.2) is 39.4 Å². The number of nitrogens with one attached hydrogen (secondary N) is 2. The van der Waals surface area contributed by atoms with E-state index in [0.717, 1.165) is 10.0 Å². The van der Waals surface area contributed by atoms with Gasteiger partial charge in [0.05, 0.1) is 12.3 Å². The van der Waals surface area contributed by atoms with Crippen molar-refractivity contribution < 1.29 is 14.3 Å². The summed E-state index contributed by atoms with van der Waals surface area (Å²) in [6, 6.07) is 7.00. The number of nitrogens with zero attached hydrogens (tertiary/aromatic N) is 1. The lowest BCUT2D eigenvalue weighted by Gasteiger charge is -2.10. The predicted molar refractivity (Wildman–Crippen MR) is 97.4 cm³/mol. The number of anilines is 1. The van der Waals surface area contributed by atoms with E-state index in [1.165, 1.54) is 6.20 Å². The third kappa shape index (κ3) is 3.33. The summed E-state index contributed by atoms with van der Waals surface area (Å²) in [5.41, 5.74) is 2.98. The van der Waals surface area contributed by atoms with Gasteiger partial charge in [0, 0.05) is 27.3 Å². The predicted octanol–water partition coefficient (Wildman–Crippen LogP) is 3.43. The van der Waals surface area contributed by atoms with E-state index >= 15 is 0 Å². The Balaban J connectivity index is 2.05. The maximum atomic E-state index is 12.6. The van der Waals surface area contributed by atoms with Crippen LogP contribution in [0.3, 0.4) is 0 Å². The molecule has 0 spiro atoms. The summed E-state index contributed by atoms with van der Waals surface area (Å²) >= 11 is 3.41. The summed E-state index contributed by atoms with van der Waals surface area (Å²) in [5, 5.41) is 20.8. The van der Waals surface area contributed by atoms with Crippen molar-refractivity contribution in [3.63, 3.8) is 0 Å². The molecule has 3 rings (SSSR count). The summed E-state index contributed by atoms with van der Waals surface area (Å²) in [6.45, 7) is 3.44. The minimum atomic E-state index is -0.448. The molecule has 0 saturated carbocycles. The van der Waals surface area contributed by atoms with Crippen LogP contribution < -0.4 is 10.9 Å². The molecule has 0 radical (unpaired) electrons. The molecule has 128 valence electrons. The van der Waals surface area contributed by atoms with Gasteiger partial charge in [0.25, 0.3) is 5.91 Å². The Kier molecular flexibility index (Phi) is 4.69. The van der Waals surface area contributed by atoms with Gasteiger partial charge >= 0.3 is 0 Å². The Morgan fingerprint density at radius 1 is 1.36 bits per heavy atom. The summed E-state index contributed by atoms with van der Waals surface area (Å²) in [6.07, 6.45) is 1.54. The second-order valence-electron chi connectivity index (χ2n) is 5.68. The van der Waals surface area contributed by atoms with Gasteiger partial charge < -0.3 is 14.8 Å². The number of aryl methyl sites for hydroxylation is 2. The standard InChI is InChI=1S/C18H16BrN3O3/c1-9-5-12(3-4-15(9)19)22-18(24)14-6-13-11(8-23)7-21-10(2)16(13)25-17(14)20/h3-7,20,23H,8H2,1-2H3,(H,22,24). The van der Waals surface area contributed by atoms with Crippen LogP contribution >= 0.6 is 15.9 Å². The molecule has 3 aromatic rings. The van der Waals surface area contributed by atoms with E-state index in [2.05, 4.69) is 26.2 Å². The van der Waals surface area contributed by atoms with Gasteiger partial charge in [-0.2, -0.15) is 0 Å². The van der Waals surface area contributed by atoms with E-state index in [1.54, 1.807) is 19.1 Å². The highest BCUT2D eigenvalue weighted by Crippen LogP contribution is 2.22. The van der Waals surface area contributed by atoms with E-state index in [9.17, 15) is 9.90 Å². The number of aromatic nitrogens is 1. The first-order valence-electron chi connectivity index (χ1n) is 7.56. The number of carbonyl (C=O) groups excluding carboxylic acids is 1. The molecule has 1 amide bonds. The van der Waals surface area contributed by atoms with Crippen molar-refractivity contribution in [2.75, 3.05) is 5.32 Å². The van der Waals surface area contributed by atoms with E-state index in [1.807, 2.05) is 19.1 Å². The number of fused-ring (bicyclic) bond motifs is 1. The van der Waals surface area contributed by atoms with Crippen molar-refractivity contribution in [2.24, 2.45) is 0 Å². The molecule has 0 atom stereocenters. The molecule has 6 nitrogen and oxygen atoms in total. The first-order chi connectivity index (χ1) is 11.9. The molecule has 0 aliphatic heterocycles. The molecule has 0 bridgehead atoms. The van der Waals surface area contributed by atoms with Gasteiger partial charge in [-0.15, -0.1) is 0 Å². The molecule has 3 N–H and O–H groups in total. The molecule has 0 saturated heterocycles. The molecule has 0 aliphatic rings. The van der Waals surface area contributed by atoms with E-state index in [-0.39, 0.29) is 17.7 Å². The first kappa shape index (κ1) is 17.3. The lowest BCUT2D eigenvalue weighted by molar-refractivity contribution is 0.102. The van der Waals surface area contributed by atoms with Crippen LogP contribution in [0.2, 0.25) is 0 Å². The topological polar surface area (TPSA) is 99.2 Å². The molecule has 1 aromatic carbocycles. The highest BCUT2D eigenvalue weighted by atomic mass is 79.9. The first-order valence-corrected chi connectivity index (χ1v) is 8.35. The molecule has 2 aromatic heterocycles. The number of amides is 1. The number of aliphatic hydroxyl groups excluding tert-OH is 1. The second kappa shape index (κ2) is 6.78. The average molecular weight is 402 g/mol. The number of benzene rings is 1. The molecular weight excluding hydrogens is 386 g/mol. The SMILES string of the molecule is Cc1cc(NC(=O)c2cc3c(CO)cnc(C)c3oc2=N)ccc1Br. The fourth-order valence-electron chi connectivity index (χ4n) is 2.51. The Bertz CT molecular complexity index is 1040. The van der Waals surface area contributed by atoms with Crippen molar-refractivity contribution >= 4 is 38.5 Å². The van der Waals surface area contributed by atoms with Gasteiger partial charge in [0.15, 0.2) is 5.58 Å². The van der Waals surface area contributed by atoms with Gasteiger partial charge in [-0.3, -0.25) is 15.2 Å². The maximum Gasteiger partial charge on any atom is 0.261 e. The van der Waals surface area contributed by atoms with Crippen molar-refractivity contribution in [1.82, 2.24) is 4.98 Å². The summed E-state index contributed by atoms with van der Waals surface area (Å²) in [5.74, 6) is -0.448. The lowest BCUT2D eigenvalue weighted by atomic mass is 10.1. The minimum absolute atomic E-state index is 0.0911. The highest BCUT2D eigenvalue weighted by molar-refractivity contribution is 9.10. The molecule has 0 unspecified atom stereocenters. The van der Waals surface area contributed by atoms with Crippen LogP contribution in [-0.2, 0) is 6.61 Å². The lowest BCUT2D eigenvalue weighted by Crippen LogP contribution is -2.21. The third-order valence-corrected chi connectivity index (χ3v) is 4.79. The second-order valence-corrected chi connectivity index (χ2v) is 6.53. The summed E-state index contributed by atoms with van der Waals surface area (Å²) < 4.78 is 6.44. The number of halogens is 1. The van der Waals surface area contributed by atoms with Gasteiger partial charge in [-0.05, 0) is 43.7 Å². The zero-order valence-electron chi connectivity index (χ0n) is 13.7. The van der Waals surface area contributed by atoms with E-state index in [0.29, 0.717) is 27.9 Å². The van der Waals surface area contributed by atoms with Crippen molar-refractivity contribution in [3.8, 4) is 0 Å². The normalized spacial score (nSPS) is 10.9. The zero-order valence-corrected chi connectivity index (χ0v) is 15.3. The van der Waals surface area contributed by atoms with Crippen molar-refractivity contribution in [1.29, 1.82) is 5.41 Å². The smallest absolute Gasteiger partial charge is 0.261 e. The van der Waals surface area contributed by atoms with Crippen molar-refractivity contribution in [2.45, 2.75) is 20.5 Å². The average Bonchev–Trinajstić information content (AvgIpc) is 2.58. The quantitative estimate of drug-likeness (QED) is 0.625. The monoisotopic (exact) mass is 401 g/mol. The maximum absolute atomic E-state index is 12.6. The minimum Gasteiger partial charge on any atom is -0.436 e.